The minimum atomic E-state index is -6.00. The molecule has 1 atom stereocenters. The molecular weight excluding hydrogens is 255 g/mol. The van der Waals surface area contributed by atoms with Crippen LogP contribution < -0.4 is 0 Å². The number of quaternary nitrogens is 1. The van der Waals surface area contributed by atoms with Crippen molar-refractivity contribution < 1.29 is 31.2 Å². The lowest BCUT2D eigenvalue weighted by atomic mass is 10.3. The van der Waals surface area contributed by atoms with E-state index in [1.807, 2.05) is 18.7 Å². The van der Waals surface area contributed by atoms with E-state index in [4.69, 9.17) is 9.47 Å². The van der Waals surface area contributed by atoms with Gasteiger partial charge in [0, 0.05) is 7.11 Å². The molecule has 0 aromatic carbocycles. The van der Waals surface area contributed by atoms with Crippen molar-refractivity contribution in [3.05, 3.63) is 12.4 Å². The van der Waals surface area contributed by atoms with Crippen LogP contribution in [-0.4, -0.2) is 58.6 Å². The van der Waals surface area contributed by atoms with Crippen molar-refractivity contribution in [2.45, 2.75) is 0 Å². The lowest BCUT2D eigenvalue weighted by Crippen LogP contribution is -2.38. The van der Waals surface area contributed by atoms with Gasteiger partial charge in [-0.1, -0.05) is 0 Å². The summed E-state index contributed by atoms with van der Waals surface area (Å²) in [7, 11) is -2.24. The van der Waals surface area contributed by atoms with Gasteiger partial charge in [-0.05, 0) is 0 Å². The molecule has 4 nitrogen and oxygen atoms in total. The quantitative estimate of drug-likeness (QED) is 0.320. The average Bonchev–Trinajstić information content (AvgIpc) is 2.63. The van der Waals surface area contributed by atoms with E-state index in [0.29, 0.717) is 13.2 Å². The summed E-state index contributed by atoms with van der Waals surface area (Å²) in [6.45, 7) is 2.98. The summed E-state index contributed by atoms with van der Waals surface area (Å²) in [6, 6.07) is 0. The third-order valence-electron chi connectivity index (χ3n) is 1.97. The Morgan fingerprint density at radius 1 is 1.17 bits per heavy atom. The zero-order valence-electron chi connectivity index (χ0n) is 10.4. The highest BCUT2D eigenvalue weighted by Crippen LogP contribution is 2.06. The monoisotopic (exact) mass is 272 g/mol. The SMILES string of the molecule is COCCOCC[N+]1(C)C=CN=C1.F[B-](F)(F)F. The summed E-state index contributed by atoms with van der Waals surface area (Å²) >= 11 is 0. The second-order valence-corrected chi connectivity index (χ2v) is 3.73. The molecule has 0 spiro atoms. The van der Waals surface area contributed by atoms with Crippen molar-refractivity contribution in [2.24, 2.45) is 4.99 Å². The maximum atomic E-state index is 9.75. The predicted octanol–water partition coefficient (Wildman–Crippen LogP) is 1.91. The fourth-order valence-electron chi connectivity index (χ4n) is 1.06. The molecule has 0 fully saturated rings. The van der Waals surface area contributed by atoms with E-state index in [1.165, 1.54) is 0 Å². The molecule has 9 heteroatoms. The molecule has 0 saturated heterocycles. The van der Waals surface area contributed by atoms with Crippen LogP contribution in [0, 0.1) is 0 Å². The summed E-state index contributed by atoms with van der Waals surface area (Å²) in [5.74, 6) is 0. The van der Waals surface area contributed by atoms with E-state index in [-0.39, 0.29) is 0 Å². The van der Waals surface area contributed by atoms with E-state index in [0.717, 1.165) is 17.6 Å². The van der Waals surface area contributed by atoms with Gasteiger partial charge in [0.05, 0.1) is 33.1 Å². The van der Waals surface area contributed by atoms with E-state index in [2.05, 4.69) is 12.0 Å². The van der Waals surface area contributed by atoms with Gasteiger partial charge in [0.15, 0.2) is 6.34 Å². The van der Waals surface area contributed by atoms with Crippen LogP contribution >= 0.6 is 0 Å². The first kappa shape index (κ1) is 17.1. The summed E-state index contributed by atoms with van der Waals surface area (Å²) in [5, 5.41) is 0. The maximum absolute atomic E-state index is 9.75. The van der Waals surface area contributed by atoms with Crippen molar-refractivity contribution in [2.75, 3.05) is 40.5 Å². The molecule has 0 aliphatic carbocycles. The highest BCUT2D eigenvalue weighted by atomic mass is 19.5. The van der Waals surface area contributed by atoms with Crippen molar-refractivity contribution in [1.29, 1.82) is 0 Å². The van der Waals surface area contributed by atoms with Crippen LogP contribution in [-0.2, 0) is 9.47 Å². The number of hydrogen-bond acceptors (Lipinski definition) is 3. The Bertz CT molecular complexity index is 266. The number of ether oxygens (including phenoxy) is 2. The predicted molar refractivity (Wildman–Crippen MR) is 61.6 cm³/mol. The third kappa shape index (κ3) is 11.6. The van der Waals surface area contributed by atoms with Gasteiger partial charge in [0.2, 0.25) is 0 Å². The Morgan fingerprint density at radius 2 is 1.78 bits per heavy atom. The third-order valence-corrected chi connectivity index (χ3v) is 1.97. The average molecular weight is 272 g/mol. The number of hydrogen-bond donors (Lipinski definition) is 0. The molecule has 18 heavy (non-hydrogen) atoms. The second-order valence-electron chi connectivity index (χ2n) is 3.73. The summed E-state index contributed by atoms with van der Waals surface area (Å²) in [6.07, 6.45) is 5.76. The Labute approximate surface area is 104 Å². The lowest BCUT2D eigenvalue weighted by Gasteiger charge is -2.21. The number of methoxy groups -OCH3 is 1. The first-order valence-electron chi connectivity index (χ1n) is 5.28. The van der Waals surface area contributed by atoms with Crippen LogP contribution in [0.3, 0.4) is 0 Å². The van der Waals surface area contributed by atoms with Gasteiger partial charge in [-0.3, -0.25) is 4.48 Å². The number of likely N-dealkylation sites (N-methyl/N-ethyl adjacent to an activating group) is 1. The maximum Gasteiger partial charge on any atom is 0.673 e. The van der Waals surface area contributed by atoms with Gasteiger partial charge >= 0.3 is 7.25 Å². The Morgan fingerprint density at radius 3 is 2.22 bits per heavy atom. The normalized spacial score (nSPS) is 21.9. The van der Waals surface area contributed by atoms with Crippen molar-refractivity contribution in [3.63, 3.8) is 0 Å². The van der Waals surface area contributed by atoms with Crippen LogP contribution in [0.25, 0.3) is 0 Å². The van der Waals surface area contributed by atoms with Gasteiger partial charge in [-0.15, -0.1) is 0 Å². The van der Waals surface area contributed by atoms with Crippen LogP contribution in [0.4, 0.5) is 17.3 Å². The highest BCUT2D eigenvalue weighted by molar-refractivity contribution is 6.50. The first-order valence-corrected chi connectivity index (χ1v) is 5.28. The molecule has 0 saturated carbocycles. The van der Waals surface area contributed by atoms with Gasteiger partial charge in [-0.25, -0.2) is 4.99 Å². The Hall–Kier alpha value is -0.925. The van der Waals surface area contributed by atoms with Crippen molar-refractivity contribution in [3.8, 4) is 0 Å². The Balaban J connectivity index is 0.000000494. The topological polar surface area (TPSA) is 30.8 Å². The molecule has 0 amide bonds. The molecule has 1 rings (SSSR count). The zero-order chi connectivity index (χ0) is 14.1. The molecule has 1 unspecified atom stereocenters. The molecule has 106 valence electrons. The van der Waals surface area contributed by atoms with Crippen LogP contribution in [0.5, 0.6) is 0 Å². The minimum Gasteiger partial charge on any atom is -0.418 e. The molecular formula is C9H17BF4N2O2. The minimum absolute atomic E-state index is 0.660. The van der Waals surface area contributed by atoms with Gasteiger partial charge in [-0.2, -0.15) is 0 Å². The summed E-state index contributed by atoms with van der Waals surface area (Å²) < 4.78 is 50.0. The van der Waals surface area contributed by atoms with Gasteiger partial charge in [0.1, 0.15) is 12.7 Å². The van der Waals surface area contributed by atoms with E-state index >= 15 is 0 Å². The Kier molecular flexibility index (Phi) is 7.80. The summed E-state index contributed by atoms with van der Waals surface area (Å²) in [5.41, 5.74) is 0. The standard InChI is InChI=1S/C9H17N2O2.BF4/c1-11(4-3-10-9-11)5-6-13-8-7-12-2;2-1(3,4)5/h3-4,9H,5-8H2,1-2H3;/q+1;-1. The number of rotatable bonds is 6. The smallest absolute Gasteiger partial charge is 0.418 e. The molecule has 0 aromatic rings. The number of halogens is 4. The van der Waals surface area contributed by atoms with E-state index in [1.54, 1.807) is 7.11 Å². The van der Waals surface area contributed by atoms with Crippen LogP contribution in [0.1, 0.15) is 0 Å². The largest absolute Gasteiger partial charge is 0.673 e. The lowest BCUT2D eigenvalue weighted by molar-refractivity contribution is -0.757. The van der Waals surface area contributed by atoms with Crippen LogP contribution in [0.2, 0.25) is 0 Å². The van der Waals surface area contributed by atoms with E-state index in [9.17, 15) is 17.3 Å². The summed E-state index contributed by atoms with van der Waals surface area (Å²) in [4.78, 5) is 4.04. The molecule has 1 aliphatic rings. The highest BCUT2D eigenvalue weighted by Gasteiger charge is 2.20. The molecule has 0 N–H and O–H groups in total. The fourth-order valence-corrected chi connectivity index (χ4v) is 1.06. The van der Waals surface area contributed by atoms with E-state index < -0.39 is 7.25 Å². The molecule has 0 bridgehead atoms. The molecule has 1 heterocycles. The number of nitrogens with zero attached hydrogens (tertiary/aromatic N) is 2. The van der Waals surface area contributed by atoms with Gasteiger partial charge in [0.25, 0.3) is 0 Å². The van der Waals surface area contributed by atoms with Crippen molar-refractivity contribution in [1.82, 2.24) is 0 Å². The zero-order valence-corrected chi connectivity index (χ0v) is 10.4. The molecule has 1 aliphatic heterocycles. The number of aliphatic imine (C=N–C) groups is 1. The van der Waals surface area contributed by atoms with Crippen molar-refractivity contribution >= 4 is 13.6 Å². The molecule has 0 radical (unpaired) electrons. The molecule has 0 aromatic heterocycles. The van der Waals surface area contributed by atoms with Gasteiger partial charge < -0.3 is 26.7 Å². The fraction of sp³-hybridized carbons (Fsp3) is 0.667. The van der Waals surface area contributed by atoms with Crippen LogP contribution in [0.15, 0.2) is 17.4 Å². The first-order chi connectivity index (χ1) is 8.27. The second kappa shape index (κ2) is 8.22.